The number of halogens is 2. The maximum Gasteiger partial charge on any atom is 0.227 e. The van der Waals surface area contributed by atoms with E-state index >= 15 is 0 Å². The minimum absolute atomic E-state index is 0.150. The molecular weight excluding hydrogens is 379 g/mol. The first kappa shape index (κ1) is 18.7. The number of methoxy groups -OCH3 is 1. The van der Waals surface area contributed by atoms with E-state index in [1.807, 2.05) is 36.5 Å². The maximum absolute atomic E-state index is 13.7. The molecule has 2 heterocycles. The quantitative estimate of drug-likeness (QED) is 0.681. The number of fused-ring (bicyclic) bond motifs is 1. The Hall–Kier alpha value is -2.70. The van der Waals surface area contributed by atoms with Crippen LogP contribution >= 0.6 is 11.6 Å². The first-order valence-corrected chi connectivity index (χ1v) is 9.40. The van der Waals surface area contributed by atoms with Crippen molar-refractivity contribution in [3.05, 3.63) is 76.3 Å². The molecular formula is C21H20ClFN4O. The number of aromatic nitrogens is 2. The van der Waals surface area contributed by atoms with Gasteiger partial charge in [-0.1, -0.05) is 23.7 Å². The standard InChI is InChI=1S/C21H20ClFN4O/c1-28-17-4-2-3-16(10-17)25-21-24-11-15-13-27(8-7-20(15)26-21)12-14-5-6-18(22)19(23)9-14/h2-6,9-11H,7-8,12-13H2,1H3,(H,24,25,26). The Labute approximate surface area is 168 Å². The van der Waals surface area contributed by atoms with Crippen molar-refractivity contribution in [2.24, 2.45) is 0 Å². The van der Waals surface area contributed by atoms with Gasteiger partial charge in [-0.05, 0) is 29.8 Å². The van der Waals surface area contributed by atoms with Crippen LogP contribution in [0.25, 0.3) is 0 Å². The highest BCUT2D eigenvalue weighted by atomic mass is 35.5. The largest absolute Gasteiger partial charge is 0.497 e. The van der Waals surface area contributed by atoms with Crippen LogP contribution in [0.3, 0.4) is 0 Å². The lowest BCUT2D eigenvalue weighted by Gasteiger charge is -2.28. The fraction of sp³-hybridized carbons (Fsp3) is 0.238. The number of rotatable bonds is 5. The molecule has 0 atom stereocenters. The van der Waals surface area contributed by atoms with Gasteiger partial charge in [0.15, 0.2) is 0 Å². The van der Waals surface area contributed by atoms with Gasteiger partial charge < -0.3 is 10.1 Å². The topological polar surface area (TPSA) is 50.3 Å². The molecule has 0 fully saturated rings. The van der Waals surface area contributed by atoms with Crippen LogP contribution in [-0.4, -0.2) is 28.5 Å². The third-order valence-electron chi connectivity index (χ3n) is 4.73. The first-order chi connectivity index (χ1) is 13.6. The van der Waals surface area contributed by atoms with Crippen LogP contribution in [0.4, 0.5) is 16.0 Å². The van der Waals surface area contributed by atoms with E-state index in [0.717, 1.165) is 47.8 Å². The third-order valence-corrected chi connectivity index (χ3v) is 5.04. The van der Waals surface area contributed by atoms with Gasteiger partial charge in [-0.3, -0.25) is 4.90 Å². The molecule has 1 aliphatic rings. The molecule has 2 aromatic carbocycles. The molecule has 1 aliphatic heterocycles. The second-order valence-corrected chi connectivity index (χ2v) is 7.14. The van der Waals surface area contributed by atoms with Crippen molar-refractivity contribution < 1.29 is 9.13 Å². The summed E-state index contributed by atoms with van der Waals surface area (Å²) in [5, 5.41) is 3.37. The molecule has 3 aromatic rings. The lowest BCUT2D eigenvalue weighted by atomic mass is 10.1. The molecule has 0 spiro atoms. The molecule has 4 rings (SSSR count). The molecule has 0 saturated heterocycles. The van der Waals surface area contributed by atoms with Crippen LogP contribution in [0.15, 0.2) is 48.7 Å². The van der Waals surface area contributed by atoms with E-state index < -0.39 is 0 Å². The summed E-state index contributed by atoms with van der Waals surface area (Å²) in [6, 6.07) is 12.6. The average Bonchev–Trinajstić information content (AvgIpc) is 2.71. The summed E-state index contributed by atoms with van der Waals surface area (Å²) in [7, 11) is 1.64. The predicted molar refractivity (Wildman–Crippen MR) is 108 cm³/mol. The van der Waals surface area contributed by atoms with Crippen molar-refractivity contribution in [2.45, 2.75) is 19.5 Å². The zero-order valence-electron chi connectivity index (χ0n) is 15.5. The normalized spacial score (nSPS) is 13.8. The number of hydrogen-bond acceptors (Lipinski definition) is 5. The molecule has 1 N–H and O–H groups in total. The van der Waals surface area contributed by atoms with Crippen molar-refractivity contribution in [1.82, 2.24) is 14.9 Å². The van der Waals surface area contributed by atoms with Gasteiger partial charge >= 0.3 is 0 Å². The van der Waals surface area contributed by atoms with E-state index in [-0.39, 0.29) is 10.8 Å². The van der Waals surface area contributed by atoms with Gasteiger partial charge in [-0.15, -0.1) is 0 Å². The van der Waals surface area contributed by atoms with E-state index in [4.69, 9.17) is 16.3 Å². The highest BCUT2D eigenvalue weighted by molar-refractivity contribution is 6.30. The van der Waals surface area contributed by atoms with E-state index in [1.54, 1.807) is 13.2 Å². The molecule has 0 unspecified atom stereocenters. The Morgan fingerprint density at radius 3 is 2.96 bits per heavy atom. The lowest BCUT2D eigenvalue weighted by molar-refractivity contribution is 0.242. The molecule has 0 radical (unpaired) electrons. The zero-order valence-corrected chi connectivity index (χ0v) is 16.2. The van der Waals surface area contributed by atoms with Crippen molar-refractivity contribution in [1.29, 1.82) is 0 Å². The molecule has 1 aromatic heterocycles. The van der Waals surface area contributed by atoms with Gasteiger partial charge in [0.05, 0.1) is 17.8 Å². The minimum atomic E-state index is -0.381. The number of ether oxygens (including phenoxy) is 1. The SMILES string of the molecule is COc1cccc(Nc2ncc3c(n2)CCN(Cc2ccc(Cl)c(F)c2)C3)c1. The van der Waals surface area contributed by atoms with E-state index in [1.165, 1.54) is 6.07 Å². The molecule has 0 bridgehead atoms. The Bertz CT molecular complexity index is 998. The lowest BCUT2D eigenvalue weighted by Crippen LogP contribution is -2.31. The van der Waals surface area contributed by atoms with Gasteiger partial charge in [-0.25, -0.2) is 14.4 Å². The van der Waals surface area contributed by atoms with Crippen LogP contribution in [0, 0.1) is 5.82 Å². The summed E-state index contributed by atoms with van der Waals surface area (Å²) in [5.41, 5.74) is 3.92. The van der Waals surface area contributed by atoms with E-state index in [9.17, 15) is 4.39 Å². The summed E-state index contributed by atoms with van der Waals surface area (Å²) >= 11 is 5.76. The van der Waals surface area contributed by atoms with Crippen LogP contribution in [0.5, 0.6) is 5.75 Å². The summed E-state index contributed by atoms with van der Waals surface area (Å²) in [4.78, 5) is 11.4. The summed E-state index contributed by atoms with van der Waals surface area (Å²) < 4.78 is 18.9. The van der Waals surface area contributed by atoms with Gasteiger partial charge in [0.1, 0.15) is 11.6 Å². The highest BCUT2D eigenvalue weighted by Crippen LogP contribution is 2.23. The number of hydrogen-bond donors (Lipinski definition) is 1. The van der Waals surface area contributed by atoms with Crippen molar-refractivity contribution in [3.8, 4) is 5.75 Å². The van der Waals surface area contributed by atoms with E-state index in [2.05, 4.69) is 20.2 Å². The second kappa shape index (κ2) is 8.12. The predicted octanol–water partition coefficient (Wildman–Crippen LogP) is 4.58. The number of nitrogens with zero attached hydrogens (tertiary/aromatic N) is 3. The van der Waals surface area contributed by atoms with Crippen LogP contribution < -0.4 is 10.1 Å². The van der Waals surface area contributed by atoms with E-state index in [0.29, 0.717) is 12.5 Å². The third kappa shape index (κ3) is 4.24. The summed E-state index contributed by atoms with van der Waals surface area (Å²) in [6.07, 6.45) is 2.68. The summed E-state index contributed by atoms with van der Waals surface area (Å²) in [6.45, 7) is 2.25. The first-order valence-electron chi connectivity index (χ1n) is 9.03. The Morgan fingerprint density at radius 1 is 1.25 bits per heavy atom. The molecule has 144 valence electrons. The Balaban J connectivity index is 1.44. The highest BCUT2D eigenvalue weighted by Gasteiger charge is 2.19. The Kier molecular flexibility index (Phi) is 5.41. The molecule has 7 heteroatoms. The molecule has 0 amide bonds. The van der Waals surface area contributed by atoms with Gasteiger partial charge in [0.2, 0.25) is 5.95 Å². The number of benzene rings is 2. The molecule has 5 nitrogen and oxygen atoms in total. The van der Waals surface area contributed by atoms with Crippen molar-refractivity contribution in [2.75, 3.05) is 19.0 Å². The fourth-order valence-corrected chi connectivity index (χ4v) is 3.41. The van der Waals surface area contributed by atoms with Crippen molar-refractivity contribution in [3.63, 3.8) is 0 Å². The smallest absolute Gasteiger partial charge is 0.227 e. The number of anilines is 2. The molecule has 28 heavy (non-hydrogen) atoms. The molecule has 0 saturated carbocycles. The number of nitrogens with one attached hydrogen (secondary N) is 1. The second-order valence-electron chi connectivity index (χ2n) is 6.73. The van der Waals surface area contributed by atoms with Crippen LogP contribution in [0.2, 0.25) is 5.02 Å². The van der Waals surface area contributed by atoms with Gasteiger partial charge in [0.25, 0.3) is 0 Å². The monoisotopic (exact) mass is 398 g/mol. The van der Waals surface area contributed by atoms with Crippen LogP contribution in [-0.2, 0) is 19.5 Å². The minimum Gasteiger partial charge on any atom is -0.497 e. The maximum atomic E-state index is 13.7. The fourth-order valence-electron chi connectivity index (χ4n) is 3.30. The molecule has 0 aliphatic carbocycles. The van der Waals surface area contributed by atoms with Gasteiger partial charge in [-0.2, -0.15) is 0 Å². The van der Waals surface area contributed by atoms with Crippen molar-refractivity contribution >= 4 is 23.2 Å². The average molecular weight is 399 g/mol. The van der Waals surface area contributed by atoms with Gasteiger partial charge in [0, 0.05) is 49.6 Å². The van der Waals surface area contributed by atoms with Crippen LogP contribution in [0.1, 0.15) is 16.8 Å². The zero-order chi connectivity index (χ0) is 19.5. The summed E-state index contributed by atoms with van der Waals surface area (Å²) in [5.74, 6) is 0.964. The Morgan fingerprint density at radius 2 is 2.14 bits per heavy atom.